The smallest absolute Gasteiger partial charge is 0.287 e. The van der Waals surface area contributed by atoms with E-state index in [4.69, 9.17) is 5.73 Å². The van der Waals surface area contributed by atoms with Crippen LogP contribution in [0.2, 0.25) is 0 Å². The summed E-state index contributed by atoms with van der Waals surface area (Å²) in [6.07, 6.45) is 4.65. The van der Waals surface area contributed by atoms with Crippen LogP contribution in [0.5, 0.6) is 0 Å². The van der Waals surface area contributed by atoms with Gasteiger partial charge in [-0.15, -0.1) is 0 Å². The molecule has 10 amide bonds. The van der Waals surface area contributed by atoms with Crippen LogP contribution in [0.4, 0.5) is 0 Å². The minimum absolute atomic E-state index is 0.101. The molecule has 3 heterocycles. The van der Waals surface area contributed by atoms with Crippen molar-refractivity contribution in [3.8, 4) is 0 Å². The first-order valence-electron chi connectivity index (χ1n) is 25.2. The third kappa shape index (κ3) is 16.1. The number of primary amides is 1. The number of carbonyl (C=O) groups is 11. The third-order valence-corrected chi connectivity index (χ3v) is 13.4. The van der Waals surface area contributed by atoms with Crippen molar-refractivity contribution in [3.63, 3.8) is 0 Å². The minimum Gasteiger partial charge on any atom is -0.368 e. The van der Waals surface area contributed by atoms with Crippen LogP contribution in [0.1, 0.15) is 118 Å². The highest BCUT2D eigenvalue weighted by Gasteiger charge is 2.41. The van der Waals surface area contributed by atoms with Gasteiger partial charge in [-0.2, -0.15) is 0 Å². The number of nitrogens with zero attached hydrogens (tertiary/aromatic N) is 2. The number of hydrogen-bond donors (Lipinski definition) is 9. The van der Waals surface area contributed by atoms with Crippen LogP contribution in [0, 0.1) is 11.8 Å². The van der Waals surface area contributed by atoms with Gasteiger partial charge in [-0.05, 0) is 68.4 Å². The Labute approximate surface area is 420 Å². The number of nitrogens with one attached hydrogen (secondary N) is 8. The van der Waals surface area contributed by atoms with Crippen LogP contribution in [0.3, 0.4) is 0 Å². The molecule has 1 unspecified atom stereocenters. The van der Waals surface area contributed by atoms with Crippen LogP contribution < -0.4 is 43.0 Å². The number of carbonyl (C=O) groups excluding carboxylic acids is 11. The quantitative estimate of drug-likeness (QED) is 0.0542. The predicted octanol–water partition coefficient (Wildman–Crippen LogP) is 0.115. The molecule has 0 bridgehead atoms. The number of benzene rings is 1. The van der Waals surface area contributed by atoms with Crippen LogP contribution in [0.25, 0.3) is 10.9 Å². The van der Waals surface area contributed by atoms with E-state index >= 15 is 0 Å². The maximum Gasteiger partial charge on any atom is 0.287 e. The van der Waals surface area contributed by atoms with Gasteiger partial charge in [0.25, 0.3) is 5.91 Å². The third-order valence-electron chi connectivity index (χ3n) is 13.4. The van der Waals surface area contributed by atoms with Crippen LogP contribution in [-0.4, -0.2) is 149 Å². The highest BCUT2D eigenvalue weighted by molar-refractivity contribution is 6.36. The fraction of sp³-hybridized carbons (Fsp3) is 0.620. The van der Waals surface area contributed by atoms with Crippen LogP contribution in [0.15, 0.2) is 30.5 Å². The fourth-order valence-electron chi connectivity index (χ4n) is 9.12. The Hall–Kier alpha value is -6.87. The summed E-state index contributed by atoms with van der Waals surface area (Å²) in [5.41, 5.74) is 7.40. The van der Waals surface area contributed by atoms with Gasteiger partial charge in [-0.25, -0.2) is 0 Å². The first-order valence-corrected chi connectivity index (χ1v) is 25.2. The molecule has 1 aromatic heterocycles. The number of likely N-dealkylation sites (N-methyl/N-ethyl adjacent to an activating group) is 1. The number of likely N-dealkylation sites (tertiary alicyclic amines) is 2. The largest absolute Gasteiger partial charge is 0.368 e. The Morgan fingerprint density at radius 1 is 0.750 bits per heavy atom. The van der Waals surface area contributed by atoms with E-state index in [0.717, 1.165) is 16.5 Å². The van der Waals surface area contributed by atoms with Crippen molar-refractivity contribution in [1.82, 2.24) is 52.0 Å². The monoisotopic (exact) mass is 1010 g/mol. The number of ketones is 1. The lowest BCUT2D eigenvalue weighted by molar-refractivity contribution is -0.143. The zero-order chi connectivity index (χ0) is 53.2. The van der Waals surface area contributed by atoms with E-state index in [0.29, 0.717) is 51.5 Å². The molecule has 2 aliphatic heterocycles. The van der Waals surface area contributed by atoms with Crippen molar-refractivity contribution in [1.29, 1.82) is 0 Å². The first-order chi connectivity index (χ1) is 34.2. The molecule has 0 radical (unpaired) electrons. The topological polar surface area (TPSA) is 320 Å². The molecule has 0 aliphatic carbocycles. The van der Waals surface area contributed by atoms with Crippen molar-refractivity contribution < 1.29 is 52.7 Å². The van der Waals surface area contributed by atoms with Gasteiger partial charge in [0.2, 0.25) is 58.9 Å². The molecule has 2 saturated heterocycles. The number of hydrogen-bond acceptors (Lipinski definition) is 11. The Bertz CT molecular complexity index is 2300. The zero-order valence-corrected chi connectivity index (χ0v) is 42.7. The molecule has 396 valence electrons. The van der Waals surface area contributed by atoms with E-state index in [2.05, 4.69) is 42.2 Å². The summed E-state index contributed by atoms with van der Waals surface area (Å²) in [4.78, 5) is 152. The van der Waals surface area contributed by atoms with Gasteiger partial charge in [0.05, 0.1) is 6.54 Å². The lowest BCUT2D eigenvalue weighted by Crippen LogP contribution is -2.61. The molecule has 2 fully saturated rings. The van der Waals surface area contributed by atoms with E-state index in [1.165, 1.54) is 23.8 Å². The summed E-state index contributed by atoms with van der Waals surface area (Å²) in [5.74, 6) is -8.10. The molecule has 10 N–H and O–H groups in total. The minimum atomic E-state index is -1.45. The number of nitrogens with two attached hydrogens (primary N) is 1. The zero-order valence-electron chi connectivity index (χ0n) is 42.7. The summed E-state index contributed by atoms with van der Waals surface area (Å²) >= 11 is 0. The number of rotatable bonds is 27. The van der Waals surface area contributed by atoms with Crippen molar-refractivity contribution >= 4 is 75.8 Å². The SMILES string of the molecule is CCCC[C@H](NC(=O)[C@H](CCC(=O)C(=O)NC)NC(=O)CNC(=O)[C@@H]1CCCN1C(C)=O)C(=O)N[C@H](C(=O)N[C@@H](CC(C)C)C(=O)N1CCC[C@H]1C(=O)N[C@@H](Cc1c[nH]c2ccccc12)C(N)=O)C(C)CC. The molecule has 2 aromatic rings. The second kappa shape index (κ2) is 27.7. The van der Waals surface area contributed by atoms with Gasteiger partial charge >= 0.3 is 0 Å². The van der Waals surface area contributed by atoms with Gasteiger partial charge in [-0.3, -0.25) is 52.7 Å². The van der Waals surface area contributed by atoms with E-state index < -0.39 is 120 Å². The summed E-state index contributed by atoms with van der Waals surface area (Å²) in [6, 6.07) is -0.284. The number of amides is 10. The molecule has 1 aromatic carbocycles. The molecule has 72 heavy (non-hydrogen) atoms. The van der Waals surface area contributed by atoms with Gasteiger partial charge < -0.3 is 57.7 Å². The maximum absolute atomic E-state index is 14.4. The highest BCUT2D eigenvalue weighted by Crippen LogP contribution is 2.23. The summed E-state index contributed by atoms with van der Waals surface area (Å²) < 4.78 is 0. The lowest BCUT2D eigenvalue weighted by Gasteiger charge is -2.32. The molecule has 2 aliphatic rings. The Morgan fingerprint density at radius 3 is 2.00 bits per heavy atom. The molecule has 22 heteroatoms. The van der Waals surface area contributed by atoms with Gasteiger partial charge in [0.1, 0.15) is 42.3 Å². The second-order valence-corrected chi connectivity index (χ2v) is 19.2. The molecule has 22 nitrogen and oxygen atoms in total. The lowest BCUT2D eigenvalue weighted by atomic mass is 9.95. The molecule has 0 saturated carbocycles. The fourth-order valence-corrected chi connectivity index (χ4v) is 9.12. The molecule has 8 atom stereocenters. The maximum atomic E-state index is 14.4. The van der Waals surface area contributed by atoms with Crippen molar-refractivity contribution in [2.45, 2.75) is 161 Å². The number of para-hydroxylation sites is 1. The number of aromatic amines is 1. The molecule has 4 rings (SSSR count). The summed E-state index contributed by atoms with van der Waals surface area (Å²) in [7, 11) is 1.26. The van der Waals surface area contributed by atoms with E-state index in [-0.39, 0.29) is 44.1 Å². The Kier molecular flexibility index (Phi) is 22.2. The number of fused-ring (bicyclic) bond motifs is 1. The highest BCUT2D eigenvalue weighted by atomic mass is 16.2. The van der Waals surface area contributed by atoms with Crippen molar-refractivity contribution in [2.75, 3.05) is 26.7 Å². The standard InChI is InChI=1S/C50H75N11O11/c1-8-10-16-34(56-44(66)35(20-21-40(63)48(70)52-7)55-41(64)27-54-46(68)38-18-13-22-60(38)30(6)62)45(67)59-42(29(5)9-2)49(71)58-37(24-28(3)4)50(72)61-23-14-19-39(61)47(69)57-36(43(51)65)25-31-26-53-33-17-12-11-15-32(31)33/h11-12,15,17,26,28-29,34-39,42,53H,8-10,13-14,16,18-25,27H2,1-7H3,(H2,51,65)(H,52,70)(H,54,68)(H,55,64)(H,56,66)(H,57,69)(H,58,71)(H,59,67)/t29?,34-,35-,36-,37-,38-,39-,42-/m0/s1. The van der Waals surface area contributed by atoms with Crippen LogP contribution >= 0.6 is 0 Å². The van der Waals surface area contributed by atoms with E-state index in [1.807, 2.05) is 52.0 Å². The predicted molar refractivity (Wildman–Crippen MR) is 266 cm³/mol. The van der Waals surface area contributed by atoms with Gasteiger partial charge in [0, 0.05) is 57.0 Å². The number of aromatic nitrogens is 1. The first kappa shape index (κ1) is 57.7. The Morgan fingerprint density at radius 2 is 1.38 bits per heavy atom. The number of unbranched alkanes of at least 4 members (excludes halogenated alkanes) is 1. The molecule has 0 spiro atoms. The van der Waals surface area contributed by atoms with Crippen LogP contribution in [-0.2, 0) is 59.2 Å². The average Bonchev–Trinajstić information content (AvgIpc) is 4.15. The van der Waals surface area contributed by atoms with Crippen molar-refractivity contribution in [3.05, 3.63) is 36.0 Å². The Balaban J connectivity index is 1.48. The molecular formula is C50H75N11O11. The van der Waals surface area contributed by atoms with Crippen molar-refractivity contribution in [2.24, 2.45) is 17.6 Å². The second-order valence-electron chi connectivity index (χ2n) is 19.2. The normalized spacial score (nSPS) is 17.9. The van der Waals surface area contributed by atoms with E-state index in [9.17, 15) is 52.7 Å². The average molecular weight is 1010 g/mol. The number of Topliss-reactive ketones (excluding diaryl/α,β-unsaturated/α-hetero) is 1. The van der Waals surface area contributed by atoms with Gasteiger partial charge in [0.15, 0.2) is 0 Å². The number of H-pyrrole nitrogens is 1. The summed E-state index contributed by atoms with van der Waals surface area (Å²) in [5, 5.41) is 19.1. The summed E-state index contributed by atoms with van der Waals surface area (Å²) in [6.45, 7) is 10.6. The van der Waals surface area contributed by atoms with E-state index in [1.54, 1.807) is 13.1 Å². The van der Waals surface area contributed by atoms with Gasteiger partial charge in [-0.1, -0.05) is 72.1 Å². The molecular weight excluding hydrogens is 931 g/mol.